The lowest BCUT2D eigenvalue weighted by Crippen LogP contribution is -2.65. The molecule has 21 atom stereocenters. The Bertz CT molecular complexity index is 1950. The number of aliphatic hydroxyl groups is 6. The van der Waals surface area contributed by atoms with Crippen molar-refractivity contribution in [1.29, 1.82) is 0 Å². The fourth-order valence-corrected chi connectivity index (χ4v) is 15.9. The number of rotatable bonds is 56. The van der Waals surface area contributed by atoms with E-state index in [4.69, 9.17) is 23.7 Å². The van der Waals surface area contributed by atoms with Gasteiger partial charge in [-0.2, -0.15) is 8.42 Å². The number of carbonyl (C=O) groups is 2. The summed E-state index contributed by atoms with van der Waals surface area (Å²) >= 11 is 0. The van der Waals surface area contributed by atoms with Gasteiger partial charge in [0, 0.05) is 6.42 Å². The minimum absolute atomic E-state index is 0.0231. The standard InChI is InChI=1S/C74H142O17S/c1-13-15-17-19-21-23-25-27-29-31-33-35-37-39-62(77)60(11)48-58(9)46-56(7)44-54(5)42-52(3)41-53(4)43-55(6)45-57(8)47-59(10)49-61(12)72(82)89-71-69(88-65(78)40-38-36-34-32-30-28-26-24-22-20-18-16-14-2)67(80)64(51-76)87-74(71)90-73-70(91-92(83,84)85)68(81)66(79)63(50-75)86-73/h52-64,66-71,73-77,79-81H,13-51H2,1-12H3,(H,83,84,85). The van der Waals surface area contributed by atoms with Crippen LogP contribution in [0, 0.1) is 59.2 Å². The summed E-state index contributed by atoms with van der Waals surface area (Å²) in [6, 6.07) is 0. The van der Waals surface area contributed by atoms with Gasteiger partial charge in [-0.25, -0.2) is 4.18 Å². The molecule has 2 aliphatic rings. The molecule has 0 saturated carbocycles. The van der Waals surface area contributed by atoms with Gasteiger partial charge in [-0.05, 0) is 124 Å². The van der Waals surface area contributed by atoms with Crippen molar-refractivity contribution in [3.8, 4) is 0 Å². The Balaban J connectivity index is 1.94. The highest BCUT2D eigenvalue weighted by Gasteiger charge is 2.55. The predicted molar refractivity (Wildman–Crippen MR) is 367 cm³/mol. The molecular formula is C74H142O17S. The van der Waals surface area contributed by atoms with E-state index >= 15 is 0 Å². The molecule has 2 aliphatic heterocycles. The molecule has 0 radical (unpaired) electrons. The first kappa shape index (κ1) is 86.5. The van der Waals surface area contributed by atoms with E-state index in [9.17, 15) is 53.2 Å². The second-order valence-corrected chi connectivity index (χ2v) is 31.4. The molecule has 2 fully saturated rings. The molecule has 17 nitrogen and oxygen atoms in total. The lowest BCUT2D eigenvalue weighted by Gasteiger charge is -2.46. The van der Waals surface area contributed by atoms with Gasteiger partial charge in [-0.3, -0.25) is 14.1 Å². The van der Waals surface area contributed by atoms with E-state index in [2.05, 4.69) is 80.3 Å². The van der Waals surface area contributed by atoms with Crippen molar-refractivity contribution >= 4 is 22.3 Å². The maximum atomic E-state index is 14.2. The Kier molecular flexibility index (Phi) is 46.9. The highest BCUT2D eigenvalue weighted by molar-refractivity contribution is 7.80. The van der Waals surface area contributed by atoms with Crippen LogP contribution in [0.2, 0.25) is 0 Å². The van der Waals surface area contributed by atoms with E-state index in [1.54, 1.807) is 6.92 Å². The smallest absolute Gasteiger partial charge is 0.397 e. The minimum atomic E-state index is -5.33. The second-order valence-electron chi connectivity index (χ2n) is 30.3. The van der Waals surface area contributed by atoms with Crippen LogP contribution in [0.1, 0.15) is 321 Å². The molecule has 0 amide bonds. The van der Waals surface area contributed by atoms with Gasteiger partial charge in [0.25, 0.3) is 0 Å². The zero-order valence-electron chi connectivity index (χ0n) is 60.3. The number of aliphatic hydroxyl groups excluding tert-OH is 6. The Morgan fingerprint density at radius 1 is 0.424 bits per heavy atom. The fourth-order valence-electron chi connectivity index (χ4n) is 15.4. The van der Waals surface area contributed by atoms with Gasteiger partial charge in [0.15, 0.2) is 24.6 Å². The highest BCUT2D eigenvalue weighted by atomic mass is 32.3. The summed E-state index contributed by atoms with van der Waals surface area (Å²) in [6.07, 6.45) is 23.5. The topological polar surface area (TPSA) is 265 Å². The Morgan fingerprint density at radius 3 is 1.14 bits per heavy atom. The summed E-state index contributed by atoms with van der Waals surface area (Å²) in [4.78, 5) is 27.8. The van der Waals surface area contributed by atoms with Crippen LogP contribution in [-0.2, 0) is 47.9 Å². The third-order valence-corrected chi connectivity index (χ3v) is 20.4. The summed E-state index contributed by atoms with van der Waals surface area (Å²) in [5, 5.41) is 64.4. The largest absolute Gasteiger partial charge is 0.455 e. The van der Waals surface area contributed by atoms with Crippen LogP contribution in [0.5, 0.6) is 0 Å². The monoisotopic (exact) mass is 1330 g/mol. The van der Waals surface area contributed by atoms with Crippen LogP contribution in [0.15, 0.2) is 0 Å². The molecule has 0 aromatic rings. The molecule has 0 aliphatic carbocycles. The van der Waals surface area contributed by atoms with Gasteiger partial charge in [0.2, 0.25) is 6.29 Å². The molecule has 2 heterocycles. The van der Waals surface area contributed by atoms with Crippen molar-refractivity contribution in [3.05, 3.63) is 0 Å². The third kappa shape index (κ3) is 38.0. The van der Waals surface area contributed by atoms with Gasteiger partial charge in [0.1, 0.15) is 30.5 Å². The summed E-state index contributed by atoms with van der Waals surface area (Å²) < 4.78 is 67.7. The van der Waals surface area contributed by atoms with Crippen LogP contribution in [0.25, 0.3) is 0 Å². The summed E-state index contributed by atoms with van der Waals surface area (Å²) in [5.41, 5.74) is 0. The minimum Gasteiger partial charge on any atom is -0.455 e. The quantitative estimate of drug-likeness (QED) is 0.0169. The van der Waals surface area contributed by atoms with E-state index in [-0.39, 0.29) is 18.4 Å². The zero-order valence-corrected chi connectivity index (χ0v) is 61.1. The van der Waals surface area contributed by atoms with Crippen LogP contribution < -0.4 is 0 Å². The predicted octanol–water partition coefficient (Wildman–Crippen LogP) is 15.7. The summed E-state index contributed by atoms with van der Waals surface area (Å²) in [7, 11) is -5.33. The SMILES string of the molecule is CCCCCCCCCCCCCCCC(=O)OC1C(O)C(CO)OC(OC2OC(CO)C(O)C(O)C2OS(=O)(=O)O)C1OC(=O)C(C)CC(C)CC(C)CC(C)CC(C)CC(C)CC(C)CC(C)CC(C)CC(C)C(O)CCCCCCCCCCCCCCC. The van der Waals surface area contributed by atoms with Crippen LogP contribution in [-0.4, -0.2) is 136 Å². The lowest BCUT2D eigenvalue weighted by molar-refractivity contribution is -0.374. The van der Waals surface area contributed by atoms with Crippen LogP contribution >= 0.6 is 0 Å². The van der Waals surface area contributed by atoms with E-state index in [0.29, 0.717) is 60.2 Å². The first-order valence-electron chi connectivity index (χ1n) is 37.7. The average molecular weight is 1340 g/mol. The first-order chi connectivity index (χ1) is 43.7. The van der Waals surface area contributed by atoms with Crippen LogP contribution in [0.4, 0.5) is 0 Å². The number of esters is 2. The van der Waals surface area contributed by atoms with Crippen molar-refractivity contribution in [2.75, 3.05) is 13.2 Å². The Labute approximate surface area is 561 Å². The number of ether oxygens (including phenoxy) is 5. The molecule has 546 valence electrons. The molecule has 2 saturated heterocycles. The van der Waals surface area contributed by atoms with Gasteiger partial charge >= 0.3 is 22.3 Å². The molecule has 21 unspecified atom stereocenters. The van der Waals surface area contributed by atoms with E-state index in [1.807, 2.05) is 0 Å². The molecule has 0 bridgehead atoms. The summed E-state index contributed by atoms with van der Waals surface area (Å²) in [6.45, 7) is 25.4. The molecule has 0 spiro atoms. The highest BCUT2D eigenvalue weighted by Crippen LogP contribution is 2.36. The molecule has 18 heteroatoms. The van der Waals surface area contributed by atoms with Crippen molar-refractivity contribution in [2.45, 2.75) is 388 Å². The number of unbranched alkanes of at least 4 members (excludes halogenated alkanes) is 24. The number of hydrogen-bond acceptors (Lipinski definition) is 16. The van der Waals surface area contributed by atoms with E-state index in [0.717, 1.165) is 64.2 Å². The molecule has 0 aromatic heterocycles. The average Bonchev–Trinajstić information content (AvgIpc) is 0.784. The number of hydrogen-bond donors (Lipinski definition) is 7. The maximum absolute atomic E-state index is 14.2. The van der Waals surface area contributed by atoms with Crippen molar-refractivity contribution in [3.63, 3.8) is 0 Å². The molecule has 7 N–H and O–H groups in total. The molecular weight excluding hydrogens is 1190 g/mol. The molecule has 0 aromatic carbocycles. The molecule has 92 heavy (non-hydrogen) atoms. The summed E-state index contributed by atoms with van der Waals surface area (Å²) in [5.74, 6) is 2.23. The van der Waals surface area contributed by atoms with Gasteiger partial charge in [-0.15, -0.1) is 0 Å². The maximum Gasteiger partial charge on any atom is 0.397 e. The van der Waals surface area contributed by atoms with E-state index in [1.165, 1.54) is 154 Å². The van der Waals surface area contributed by atoms with Gasteiger partial charge in [0.05, 0.1) is 25.2 Å². The van der Waals surface area contributed by atoms with Gasteiger partial charge in [-0.1, -0.05) is 244 Å². The Hall–Kier alpha value is -1.55. The van der Waals surface area contributed by atoms with Gasteiger partial charge < -0.3 is 54.3 Å². The normalized spacial score (nSPS) is 25.9. The second kappa shape index (κ2) is 49.9. The zero-order chi connectivity index (χ0) is 68.6. The lowest BCUT2D eigenvalue weighted by atomic mass is 9.79. The number of carbonyl (C=O) groups excluding carboxylic acids is 2. The van der Waals surface area contributed by atoms with Crippen molar-refractivity contribution in [1.82, 2.24) is 0 Å². The van der Waals surface area contributed by atoms with Crippen molar-refractivity contribution in [2.24, 2.45) is 59.2 Å². The third-order valence-electron chi connectivity index (χ3n) is 20.0. The fraction of sp³-hybridized carbons (Fsp3) is 0.973. The first-order valence-corrected chi connectivity index (χ1v) is 39.1. The van der Waals surface area contributed by atoms with Crippen molar-refractivity contribution < 1.29 is 81.1 Å². The van der Waals surface area contributed by atoms with E-state index < -0.39 is 103 Å². The Morgan fingerprint density at radius 2 is 0.761 bits per heavy atom. The molecule has 2 rings (SSSR count). The van der Waals surface area contributed by atoms with Crippen LogP contribution in [0.3, 0.4) is 0 Å².